The molecule has 1 aromatic carbocycles. The molecule has 132 valence electrons. The summed E-state index contributed by atoms with van der Waals surface area (Å²) in [6, 6.07) is 10.2. The molecule has 0 radical (unpaired) electrons. The van der Waals surface area contributed by atoms with Gasteiger partial charge >= 0.3 is 0 Å². The summed E-state index contributed by atoms with van der Waals surface area (Å²) in [5.74, 6) is 0.193. The molecule has 1 aliphatic rings. The van der Waals surface area contributed by atoms with Gasteiger partial charge in [-0.15, -0.1) is 0 Å². The Morgan fingerprint density at radius 3 is 2.76 bits per heavy atom. The number of carbonyl (C=O) groups excluding carboxylic acids is 2. The molecule has 0 aliphatic carbocycles. The number of likely N-dealkylation sites (tertiary alicyclic amines) is 1. The van der Waals surface area contributed by atoms with E-state index in [0.717, 1.165) is 11.1 Å². The number of aliphatic hydroxyl groups is 1. The first-order valence-electron chi connectivity index (χ1n) is 8.38. The van der Waals surface area contributed by atoms with Crippen molar-refractivity contribution in [2.45, 2.75) is 38.4 Å². The fourth-order valence-corrected chi connectivity index (χ4v) is 3.06. The molecule has 1 aromatic heterocycles. The summed E-state index contributed by atoms with van der Waals surface area (Å²) in [6.45, 7) is 2.14. The van der Waals surface area contributed by atoms with E-state index in [9.17, 15) is 14.7 Å². The predicted molar refractivity (Wildman–Crippen MR) is 91.4 cm³/mol. The second-order valence-corrected chi connectivity index (χ2v) is 6.32. The second-order valence-electron chi connectivity index (χ2n) is 6.32. The van der Waals surface area contributed by atoms with Crippen LogP contribution in [0.5, 0.6) is 0 Å². The van der Waals surface area contributed by atoms with Crippen LogP contribution in [-0.4, -0.2) is 34.5 Å². The Labute approximate surface area is 146 Å². The zero-order chi connectivity index (χ0) is 17.8. The summed E-state index contributed by atoms with van der Waals surface area (Å²) in [4.78, 5) is 26.5. The first-order chi connectivity index (χ1) is 12.1. The van der Waals surface area contributed by atoms with Crippen molar-refractivity contribution in [1.82, 2.24) is 10.2 Å². The van der Waals surface area contributed by atoms with Crippen molar-refractivity contribution in [1.29, 1.82) is 0 Å². The summed E-state index contributed by atoms with van der Waals surface area (Å²) in [5, 5.41) is 12.3. The first kappa shape index (κ1) is 17.2. The van der Waals surface area contributed by atoms with Crippen molar-refractivity contribution in [3.63, 3.8) is 0 Å². The van der Waals surface area contributed by atoms with Gasteiger partial charge in [0, 0.05) is 13.0 Å². The summed E-state index contributed by atoms with van der Waals surface area (Å²) < 4.78 is 5.25. The highest BCUT2D eigenvalue weighted by Crippen LogP contribution is 2.23. The number of nitrogens with one attached hydrogen (secondary N) is 1. The Morgan fingerprint density at radius 1 is 1.36 bits per heavy atom. The molecule has 3 rings (SSSR count). The average Bonchev–Trinajstić information content (AvgIpc) is 3.25. The zero-order valence-electron chi connectivity index (χ0n) is 14.1. The molecule has 2 amide bonds. The van der Waals surface area contributed by atoms with E-state index in [1.807, 2.05) is 31.2 Å². The van der Waals surface area contributed by atoms with Crippen LogP contribution in [0.3, 0.4) is 0 Å². The van der Waals surface area contributed by atoms with Gasteiger partial charge < -0.3 is 19.7 Å². The number of nitrogens with zero attached hydrogens (tertiary/aromatic N) is 1. The van der Waals surface area contributed by atoms with Gasteiger partial charge in [-0.1, -0.05) is 29.8 Å². The van der Waals surface area contributed by atoms with E-state index in [0.29, 0.717) is 25.1 Å². The van der Waals surface area contributed by atoms with E-state index < -0.39 is 12.1 Å². The van der Waals surface area contributed by atoms with E-state index in [2.05, 4.69) is 5.32 Å². The second kappa shape index (κ2) is 7.53. The summed E-state index contributed by atoms with van der Waals surface area (Å²) in [6.07, 6.45) is 2.33. The Balaban J connectivity index is 1.69. The number of rotatable bonds is 6. The van der Waals surface area contributed by atoms with Crippen LogP contribution < -0.4 is 5.32 Å². The van der Waals surface area contributed by atoms with Crippen molar-refractivity contribution in [3.8, 4) is 0 Å². The van der Waals surface area contributed by atoms with Crippen molar-refractivity contribution in [2.24, 2.45) is 0 Å². The van der Waals surface area contributed by atoms with Crippen molar-refractivity contribution < 1.29 is 19.1 Å². The summed E-state index contributed by atoms with van der Waals surface area (Å²) in [7, 11) is 0. The average molecular weight is 342 g/mol. The molecule has 2 N–H and O–H groups in total. The SMILES string of the molecule is Cc1ccc(CN2C(=O)CCC2C(=O)NC(CO)c2ccco2)cc1. The van der Waals surface area contributed by atoms with Crippen LogP contribution >= 0.6 is 0 Å². The molecule has 25 heavy (non-hydrogen) atoms. The monoisotopic (exact) mass is 342 g/mol. The van der Waals surface area contributed by atoms with E-state index in [1.165, 1.54) is 6.26 Å². The van der Waals surface area contributed by atoms with Gasteiger partial charge in [0.25, 0.3) is 0 Å². The van der Waals surface area contributed by atoms with Crippen molar-refractivity contribution in [2.75, 3.05) is 6.61 Å². The molecule has 1 fully saturated rings. The molecule has 0 saturated carbocycles. The predicted octanol–water partition coefficient (Wildman–Crippen LogP) is 1.93. The van der Waals surface area contributed by atoms with Crippen LogP contribution in [0.15, 0.2) is 47.1 Å². The fraction of sp³-hybridized carbons (Fsp3) is 0.368. The van der Waals surface area contributed by atoms with Gasteiger partial charge in [0.2, 0.25) is 11.8 Å². The highest BCUT2D eigenvalue weighted by Gasteiger charge is 2.36. The minimum Gasteiger partial charge on any atom is -0.467 e. The van der Waals surface area contributed by atoms with Crippen LogP contribution in [0.1, 0.15) is 35.8 Å². The largest absolute Gasteiger partial charge is 0.467 e. The normalized spacial score (nSPS) is 18.4. The Hall–Kier alpha value is -2.60. The maximum Gasteiger partial charge on any atom is 0.243 e. The fourth-order valence-electron chi connectivity index (χ4n) is 3.06. The van der Waals surface area contributed by atoms with Crippen molar-refractivity contribution >= 4 is 11.8 Å². The lowest BCUT2D eigenvalue weighted by molar-refractivity contribution is -0.136. The van der Waals surface area contributed by atoms with E-state index >= 15 is 0 Å². The third kappa shape index (κ3) is 3.91. The molecule has 6 nitrogen and oxygen atoms in total. The number of hydrogen-bond acceptors (Lipinski definition) is 4. The molecule has 2 unspecified atom stereocenters. The lowest BCUT2D eigenvalue weighted by atomic mass is 10.1. The third-order valence-corrected chi connectivity index (χ3v) is 4.49. The van der Waals surface area contributed by atoms with Crippen LogP contribution in [0.2, 0.25) is 0 Å². The molecule has 0 bridgehead atoms. The van der Waals surface area contributed by atoms with Gasteiger partial charge in [-0.2, -0.15) is 0 Å². The van der Waals surface area contributed by atoms with E-state index in [4.69, 9.17) is 4.42 Å². The van der Waals surface area contributed by atoms with Gasteiger partial charge in [0.15, 0.2) is 0 Å². The molecular formula is C19H22N2O4. The molecule has 2 atom stereocenters. The van der Waals surface area contributed by atoms with Gasteiger partial charge in [-0.3, -0.25) is 9.59 Å². The van der Waals surface area contributed by atoms with Crippen LogP contribution in [-0.2, 0) is 16.1 Å². The molecule has 1 aliphatic heterocycles. The summed E-state index contributed by atoms with van der Waals surface area (Å²) >= 11 is 0. The number of benzene rings is 1. The third-order valence-electron chi connectivity index (χ3n) is 4.49. The minimum absolute atomic E-state index is 0.0285. The number of aryl methyl sites for hydroxylation is 1. The molecule has 6 heteroatoms. The quantitative estimate of drug-likeness (QED) is 0.840. The summed E-state index contributed by atoms with van der Waals surface area (Å²) in [5.41, 5.74) is 2.14. The lowest BCUT2D eigenvalue weighted by Gasteiger charge is -2.26. The van der Waals surface area contributed by atoms with E-state index in [-0.39, 0.29) is 18.4 Å². The van der Waals surface area contributed by atoms with Gasteiger partial charge in [0.05, 0.1) is 12.9 Å². The Bertz CT molecular complexity index is 724. The first-order valence-corrected chi connectivity index (χ1v) is 8.38. The number of carbonyl (C=O) groups is 2. The molecule has 2 heterocycles. The molecule has 2 aromatic rings. The van der Waals surface area contributed by atoms with Crippen molar-refractivity contribution in [3.05, 3.63) is 59.5 Å². The van der Waals surface area contributed by atoms with Gasteiger partial charge in [0.1, 0.15) is 17.8 Å². The molecular weight excluding hydrogens is 320 g/mol. The highest BCUT2D eigenvalue weighted by atomic mass is 16.3. The Morgan fingerprint density at radius 2 is 2.12 bits per heavy atom. The van der Waals surface area contributed by atoms with Crippen LogP contribution in [0.25, 0.3) is 0 Å². The lowest BCUT2D eigenvalue weighted by Crippen LogP contribution is -2.46. The maximum atomic E-state index is 12.7. The number of amides is 2. The minimum atomic E-state index is -0.612. The van der Waals surface area contributed by atoms with Crippen LogP contribution in [0, 0.1) is 6.92 Å². The molecule has 1 saturated heterocycles. The highest BCUT2D eigenvalue weighted by molar-refractivity contribution is 5.91. The number of aliphatic hydroxyl groups excluding tert-OH is 1. The number of furan rings is 1. The van der Waals surface area contributed by atoms with Gasteiger partial charge in [-0.05, 0) is 31.0 Å². The van der Waals surface area contributed by atoms with Crippen LogP contribution in [0.4, 0.5) is 0 Å². The topological polar surface area (TPSA) is 82.8 Å². The Kier molecular flexibility index (Phi) is 5.19. The van der Waals surface area contributed by atoms with E-state index in [1.54, 1.807) is 17.0 Å². The van der Waals surface area contributed by atoms with Gasteiger partial charge in [-0.25, -0.2) is 0 Å². The standard InChI is InChI=1S/C19H22N2O4/c1-13-4-6-14(7-5-13)11-21-16(8-9-18(21)23)19(24)20-15(12-22)17-3-2-10-25-17/h2-7,10,15-16,22H,8-9,11-12H2,1H3,(H,20,24). The molecule has 0 spiro atoms. The zero-order valence-corrected chi connectivity index (χ0v) is 14.1. The smallest absolute Gasteiger partial charge is 0.243 e. The maximum absolute atomic E-state index is 12.7. The number of hydrogen-bond donors (Lipinski definition) is 2.